The lowest BCUT2D eigenvalue weighted by atomic mass is 10.2. The van der Waals surface area contributed by atoms with Crippen molar-refractivity contribution in [2.75, 3.05) is 6.61 Å². The Morgan fingerprint density at radius 3 is 2.84 bits per heavy atom. The zero-order valence-electron chi connectivity index (χ0n) is 9.41. The molecule has 0 bridgehead atoms. The number of nitrogens with two attached hydrogens (primary N) is 1. The van der Waals surface area contributed by atoms with Crippen molar-refractivity contribution in [2.24, 2.45) is 5.84 Å². The maximum Gasteiger partial charge on any atom is 0.271 e. The molecule has 1 aromatic carbocycles. The third kappa shape index (κ3) is 3.17. The van der Waals surface area contributed by atoms with E-state index in [1.165, 1.54) is 0 Å². The Balaban J connectivity index is 2.52. The standard InChI is InChI=1S/C11H8Br2ClN3O2/c12-6-3-7(13)11(19-4-9(18)17-15)10-5(6)1-2-8(14)16-10/h1-3H,4,15H2,(H,17,18). The van der Waals surface area contributed by atoms with Crippen LogP contribution in [0.5, 0.6) is 5.75 Å². The molecule has 0 saturated carbocycles. The first kappa shape index (κ1) is 14.5. The first-order valence-electron chi connectivity index (χ1n) is 5.09. The molecule has 0 radical (unpaired) electrons. The molecule has 0 spiro atoms. The van der Waals surface area contributed by atoms with Crippen LogP contribution < -0.4 is 16.0 Å². The van der Waals surface area contributed by atoms with Gasteiger partial charge in [-0.25, -0.2) is 10.8 Å². The van der Waals surface area contributed by atoms with Gasteiger partial charge in [0.1, 0.15) is 10.7 Å². The lowest BCUT2D eigenvalue weighted by Crippen LogP contribution is -2.34. The number of rotatable bonds is 3. The Bertz CT molecular complexity index is 651. The van der Waals surface area contributed by atoms with Gasteiger partial charge in [-0.2, -0.15) is 0 Å². The number of fused-ring (bicyclic) bond motifs is 1. The van der Waals surface area contributed by atoms with Crippen molar-refractivity contribution in [1.29, 1.82) is 0 Å². The summed E-state index contributed by atoms with van der Waals surface area (Å²) >= 11 is 12.7. The fraction of sp³-hybridized carbons (Fsp3) is 0.0909. The van der Waals surface area contributed by atoms with Crippen LogP contribution in [0.25, 0.3) is 10.9 Å². The second-order valence-electron chi connectivity index (χ2n) is 3.56. The number of nitrogens with one attached hydrogen (secondary N) is 1. The summed E-state index contributed by atoms with van der Waals surface area (Å²) in [5, 5.41) is 1.17. The van der Waals surface area contributed by atoms with Crippen molar-refractivity contribution in [3.05, 3.63) is 32.3 Å². The van der Waals surface area contributed by atoms with Crippen LogP contribution >= 0.6 is 43.5 Å². The zero-order valence-corrected chi connectivity index (χ0v) is 13.3. The number of hydrogen-bond donors (Lipinski definition) is 2. The summed E-state index contributed by atoms with van der Waals surface area (Å²) < 4.78 is 6.93. The summed E-state index contributed by atoms with van der Waals surface area (Å²) in [6, 6.07) is 5.31. The van der Waals surface area contributed by atoms with Crippen LogP contribution in [0.2, 0.25) is 5.15 Å². The van der Waals surface area contributed by atoms with E-state index in [1.807, 2.05) is 17.6 Å². The number of benzene rings is 1. The monoisotopic (exact) mass is 407 g/mol. The van der Waals surface area contributed by atoms with E-state index in [2.05, 4.69) is 36.8 Å². The minimum Gasteiger partial charge on any atom is -0.480 e. The SMILES string of the molecule is NNC(=O)COc1c(Br)cc(Br)c2ccc(Cl)nc12. The molecule has 0 saturated heterocycles. The average molecular weight is 409 g/mol. The van der Waals surface area contributed by atoms with Crippen molar-refractivity contribution in [3.8, 4) is 5.75 Å². The quantitative estimate of drug-likeness (QED) is 0.354. The van der Waals surface area contributed by atoms with Crippen molar-refractivity contribution in [3.63, 3.8) is 0 Å². The number of aromatic nitrogens is 1. The Morgan fingerprint density at radius 1 is 1.42 bits per heavy atom. The molecule has 8 heteroatoms. The molecule has 1 amide bonds. The molecular formula is C11H8Br2ClN3O2. The van der Waals surface area contributed by atoms with Crippen LogP contribution in [0.1, 0.15) is 0 Å². The Kier molecular flexibility index (Phi) is 4.62. The van der Waals surface area contributed by atoms with Crippen molar-refractivity contribution in [2.45, 2.75) is 0 Å². The number of ether oxygens (including phenoxy) is 1. The number of carbonyl (C=O) groups excluding carboxylic acids is 1. The lowest BCUT2D eigenvalue weighted by molar-refractivity contribution is -0.123. The van der Waals surface area contributed by atoms with Gasteiger partial charge < -0.3 is 4.74 Å². The molecule has 0 unspecified atom stereocenters. The van der Waals surface area contributed by atoms with Gasteiger partial charge in [-0.05, 0) is 34.1 Å². The minimum atomic E-state index is -0.440. The zero-order chi connectivity index (χ0) is 14.0. The smallest absolute Gasteiger partial charge is 0.271 e. The van der Waals surface area contributed by atoms with E-state index in [0.29, 0.717) is 20.9 Å². The molecular weight excluding hydrogens is 401 g/mol. The van der Waals surface area contributed by atoms with Crippen LogP contribution in [-0.2, 0) is 4.79 Å². The molecule has 0 fully saturated rings. The number of hydrazine groups is 1. The number of nitrogens with zero attached hydrogens (tertiary/aromatic N) is 1. The summed E-state index contributed by atoms with van der Waals surface area (Å²) in [5.74, 6) is 4.99. The normalized spacial score (nSPS) is 10.5. The maximum absolute atomic E-state index is 11.1. The summed E-state index contributed by atoms with van der Waals surface area (Å²) in [5.41, 5.74) is 2.54. The first-order chi connectivity index (χ1) is 9.02. The van der Waals surface area contributed by atoms with Crippen LogP contribution in [0.15, 0.2) is 27.1 Å². The topological polar surface area (TPSA) is 77.2 Å². The predicted octanol–water partition coefficient (Wildman–Crippen LogP) is 2.78. The van der Waals surface area contributed by atoms with Gasteiger partial charge >= 0.3 is 0 Å². The number of hydrogen-bond acceptors (Lipinski definition) is 4. The molecule has 19 heavy (non-hydrogen) atoms. The third-order valence-corrected chi connectivity index (χ3v) is 3.77. The van der Waals surface area contributed by atoms with Crippen molar-refractivity contribution < 1.29 is 9.53 Å². The molecule has 3 N–H and O–H groups in total. The largest absolute Gasteiger partial charge is 0.480 e. The van der Waals surface area contributed by atoms with Gasteiger partial charge in [0.15, 0.2) is 12.4 Å². The second-order valence-corrected chi connectivity index (χ2v) is 5.65. The van der Waals surface area contributed by atoms with E-state index in [1.54, 1.807) is 6.07 Å². The fourth-order valence-corrected chi connectivity index (χ4v) is 3.02. The van der Waals surface area contributed by atoms with Crippen LogP contribution in [0, 0.1) is 0 Å². The number of carbonyl (C=O) groups is 1. The Morgan fingerprint density at radius 2 is 2.16 bits per heavy atom. The predicted molar refractivity (Wildman–Crippen MR) is 80.0 cm³/mol. The molecule has 0 aliphatic rings. The van der Waals surface area contributed by atoms with E-state index in [9.17, 15) is 4.79 Å². The Hall–Kier alpha value is -0.890. The summed E-state index contributed by atoms with van der Waals surface area (Å²) in [7, 11) is 0. The molecule has 2 aromatic rings. The lowest BCUT2D eigenvalue weighted by Gasteiger charge is -2.11. The van der Waals surface area contributed by atoms with Gasteiger partial charge in [0.25, 0.3) is 5.91 Å². The highest BCUT2D eigenvalue weighted by Gasteiger charge is 2.14. The number of amides is 1. The number of halogens is 3. The molecule has 0 atom stereocenters. The van der Waals surface area contributed by atoms with Gasteiger partial charge in [-0.3, -0.25) is 10.2 Å². The second kappa shape index (κ2) is 6.04. The average Bonchev–Trinajstić information content (AvgIpc) is 2.37. The van der Waals surface area contributed by atoms with E-state index < -0.39 is 5.91 Å². The summed E-state index contributed by atoms with van der Waals surface area (Å²) in [4.78, 5) is 15.4. The molecule has 2 rings (SSSR count). The molecule has 100 valence electrons. The van der Waals surface area contributed by atoms with Crippen LogP contribution in [-0.4, -0.2) is 17.5 Å². The van der Waals surface area contributed by atoms with Crippen LogP contribution in [0.4, 0.5) is 0 Å². The van der Waals surface area contributed by atoms with Crippen molar-refractivity contribution >= 4 is 60.3 Å². The number of pyridine rings is 1. The highest BCUT2D eigenvalue weighted by atomic mass is 79.9. The van der Waals surface area contributed by atoms with E-state index in [-0.39, 0.29) is 6.61 Å². The van der Waals surface area contributed by atoms with Crippen molar-refractivity contribution in [1.82, 2.24) is 10.4 Å². The Labute approximate surface area is 130 Å². The fourth-order valence-electron chi connectivity index (χ4n) is 1.49. The maximum atomic E-state index is 11.1. The van der Waals surface area contributed by atoms with Crippen LogP contribution in [0.3, 0.4) is 0 Å². The summed E-state index contributed by atoms with van der Waals surface area (Å²) in [6.07, 6.45) is 0. The van der Waals surface area contributed by atoms with E-state index in [4.69, 9.17) is 22.2 Å². The van der Waals surface area contributed by atoms with Gasteiger partial charge in [0.2, 0.25) is 0 Å². The van der Waals surface area contributed by atoms with Gasteiger partial charge in [-0.1, -0.05) is 27.5 Å². The molecule has 0 aliphatic carbocycles. The molecule has 1 aromatic heterocycles. The van der Waals surface area contributed by atoms with Gasteiger partial charge in [0, 0.05) is 9.86 Å². The van der Waals surface area contributed by atoms with E-state index in [0.717, 1.165) is 9.86 Å². The van der Waals surface area contributed by atoms with E-state index >= 15 is 0 Å². The van der Waals surface area contributed by atoms with Gasteiger partial charge in [-0.15, -0.1) is 0 Å². The molecule has 1 heterocycles. The molecule has 5 nitrogen and oxygen atoms in total. The molecule has 0 aliphatic heterocycles. The third-order valence-electron chi connectivity index (χ3n) is 2.31. The minimum absolute atomic E-state index is 0.208. The summed E-state index contributed by atoms with van der Waals surface area (Å²) in [6.45, 7) is -0.208. The highest BCUT2D eigenvalue weighted by Crippen LogP contribution is 2.38. The highest BCUT2D eigenvalue weighted by molar-refractivity contribution is 9.11. The van der Waals surface area contributed by atoms with Gasteiger partial charge in [0.05, 0.1) is 4.47 Å². The first-order valence-corrected chi connectivity index (χ1v) is 7.06.